The summed E-state index contributed by atoms with van der Waals surface area (Å²) in [6, 6.07) is -1.17. The number of aliphatic hydroxyl groups is 3. The lowest BCUT2D eigenvalue weighted by Gasteiger charge is -2.33. The number of nitrogens with zero attached hydrogens (tertiary/aromatic N) is 3. The van der Waals surface area contributed by atoms with Gasteiger partial charge in [0.1, 0.15) is 18.2 Å². The fraction of sp³-hybridized carbons (Fsp3) is 0.833. The Bertz CT molecular complexity index is 275. The van der Waals surface area contributed by atoms with E-state index in [0.717, 1.165) is 0 Å². The molecule has 14 heavy (non-hydrogen) atoms. The van der Waals surface area contributed by atoms with Crippen LogP contribution in [0.15, 0.2) is 5.11 Å². The molecule has 1 rings (SSSR count). The Labute approximate surface area is 78.3 Å². The van der Waals surface area contributed by atoms with Crippen molar-refractivity contribution in [1.82, 2.24) is 0 Å². The zero-order chi connectivity index (χ0) is 10.7. The summed E-state index contributed by atoms with van der Waals surface area (Å²) in [5, 5.41) is 30.3. The van der Waals surface area contributed by atoms with Gasteiger partial charge in [-0.25, -0.2) is 4.79 Å². The van der Waals surface area contributed by atoms with Crippen molar-refractivity contribution in [1.29, 1.82) is 0 Å². The van der Waals surface area contributed by atoms with E-state index in [1.807, 2.05) is 0 Å². The first-order valence-corrected chi connectivity index (χ1v) is 3.83. The standard InChI is InChI=1S/C6H9N3O5/c7-9-8-3-2(1-10)14-6(13)5(12)4(3)11/h2-5,10-12H,1H2/t2-,3-,4+,5-/m1/s1. The Kier molecular flexibility index (Phi) is 3.26. The average Bonchev–Trinajstić information content (AvgIpc) is 2.19. The molecule has 78 valence electrons. The van der Waals surface area contributed by atoms with Gasteiger partial charge in [-0.2, -0.15) is 0 Å². The van der Waals surface area contributed by atoms with Crippen LogP contribution in [-0.4, -0.2) is 52.2 Å². The summed E-state index contributed by atoms with van der Waals surface area (Å²) >= 11 is 0. The minimum atomic E-state index is -1.74. The minimum absolute atomic E-state index is 0.584. The van der Waals surface area contributed by atoms with Gasteiger partial charge in [0.15, 0.2) is 6.10 Å². The monoisotopic (exact) mass is 203 g/mol. The molecule has 0 aromatic heterocycles. The van der Waals surface area contributed by atoms with E-state index in [1.165, 1.54) is 0 Å². The average molecular weight is 203 g/mol. The second-order valence-electron chi connectivity index (χ2n) is 2.79. The zero-order valence-corrected chi connectivity index (χ0v) is 7.02. The Balaban J connectivity index is 2.88. The number of carbonyl (C=O) groups excluding carboxylic acids is 1. The number of ether oxygens (including phenoxy) is 1. The Morgan fingerprint density at radius 2 is 2.21 bits per heavy atom. The van der Waals surface area contributed by atoms with E-state index in [4.69, 9.17) is 15.7 Å². The van der Waals surface area contributed by atoms with Crippen LogP contribution in [0.4, 0.5) is 0 Å². The van der Waals surface area contributed by atoms with Crippen molar-refractivity contribution in [3.8, 4) is 0 Å². The molecule has 0 aromatic rings. The summed E-state index contributed by atoms with van der Waals surface area (Å²) in [6.07, 6.45) is -4.41. The van der Waals surface area contributed by atoms with Crippen LogP contribution in [0.1, 0.15) is 0 Å². The highest BCUT2D eigenvalue weighted by molar-refractivity contribution is 5.76. The quantitative estimate of drug-likeness (QED) is 0.213. The van der Waals surface area contributed by atoms with Crippen LogP contribution < -0.4 is 0 Å². The normalized spacial score (nSPS) is 37.2. The van der Waals surface area contributed by atoms with Crippen molar-refractivity contribution in [3.05, 3.63) is 10.4 Å². The maximum Gasteiger partial charge on any atom is 0.338 e. The number of carbonyl (C=O) groups is 1. The van der Waals surface area contributed by atoms with Gasteiger partial charge in [-0.1, -0.05) is 5.11 Å². The van der Waals surface area contributed by atoms with Crippen molar-refractivity contribution < 1.29 is 24.9 Å². The van der Waals surface area contributed by atoms with Crippen molar-refractivity contribution in [2.75, 3.05) is 6.61 Å². The maximum atomic E-state index is 10.8. The molecule has 0 aromatic carbocycles. The molecule has 0 spiro atoms. The first-order chi connectivity index (χ1) is 6.61. The number of hydrogen-bond donors (Lipinski definition) is 3. The summed E-state index contributed by atoms with van der Waals surface area (Å²) in [5.74, 6) is -1.04. The highest BCUT2D eigenvalue weighted by atomic mass is 16.6. The molecular weight excluding hydrogens is 194 g/mol. The van der Waals surface area contributed by atoms with E-state index < -0.39 is 36.9 Å². The van der Waals surface area contributed by atoms with Gasteiger partial charge in [0, 0.05) is 4.91 Å². The third kappa shape index (κ3) is 1.78. The van der Waals surface area contributed by atoms with Crippen LogP contribution in [0, 0.1) is 0 Å². The number of azide groups is 1. The molecular formula is C6H9N3O5. The van der Waals surface area contributed by atoms with Gasteiger partial charge in [0.05, 0.1) is 6.61 Å². The second-order valence-corrected chi connectivity index (χ2v) is 2.79. The first-order valence-electron chi connectivity index (χ1n) is 3.83. The lowest BCUT2D eigenvalue weighted by molar-refractivity contribution is -0.185. The molecule has 0 saturated carbocycles. The number of aliphatic hydroxyl groups excluding tert-OH is 3. The first kappa shape index (κ1) is 10.7. The number of hydrogen-bond acceptors (Lipinski definition) is 6. The SMILES string of the molecule is [N-]=[N+]=N[C@H]1[C@H](O)[C@@H](O)C(=O)O[C@@H]1CO. The van der Waals surface area contributed by atoms with Gasteiger partial charge >= 0.3 is 5.97 Å². The molecule has 0 aliphatic carbocycles. The fourth-order valence-corrected chi connectivity index (χ4v) is 1.18. The molecule has 1 saturated heterocycles. The van der Waals surface area contributed by atoms with Crippen LogP contribution in [0.3, 0.4) is 0 Å². The van der Waals surface area contributed by atoms with E-state index in [1.54, 1.807) is 0 Å². The molecule has 0 bridgehead atoms. The second kappa shape index (κ2) is 4.25. The summed E-state index contributed by atoms with van der Waals surface area (Å²) in [6.45, 7) is -0.584. The molecule has 0 unspecified atom stereocenters. The van der Waals surface area contributed by atoms with Gasteiger partial charge in [0.2, 0.25) is 0 Å². The molecule has 0 amide bonds. The molecule has 4 atom stereocenters. The predicted molar refractivity (Wildman–Crippen MR) is 41.9 cm³/mol. The highest BCUT2D eigenvalue weighted by Crippen LogP contribution is 2.19. The smallest absolute Gasteiger partial charge is 0.338 e. The Hall–Kier alpha value is -1.34. The largest absolute Gasteiger partial charge is 0.457 e. The van der Waals surface area contributed by atoms with Crippen molar-refractivity contribution in [2.24, 2.45) is 5.11 Å². The molecule has 1 aliphatic rings. The number of esters is 1. The highest BCUT2D eigenvalue weighted by Gasteiger charge is 2.43. The van der Waals surface area contributed by atoms with Crippen molar-refractivity contribution in [2.45, 2.75) is 24.4 Å². The van der Waals surface area contributed by atoms with Gasteiger partial charge in [-0.3, -0.25) is 0 Å². The van der Waals surface area contributed by atoms with Gasteiger partial charge in [-0.15, -0.1) is 0 Å². The summed E-state index contributed by atoms with van der Waals surface area (Å²) in [4.78, 5) is 13.3. The molecule has 1 heterocycles. The van der Waals surface area contributed by atoms with Crippen LogP contribution in [0.5, 0.6) is 0 Å². The maximum absolute atomic E-state index is 10.8. The molecule has 1 fully saturated rings. The minimum Gasteiger partial charge on any atom is -0.457 e. The van der Waals surface area contributed by atoms with Crippen LogP contribution in [-0.2, 0) is 9.53 Å². The van der Waals surface area contributed by atoms with E-state index in [9.17, 15) is 9.90 Å². The van der Waals surface area contributed by atoms with Gasteiger partial charge < -0.3 is 20.1 Å². The molecule has 8 heteroatoms. The van der Waals surface area contributed by atoms with Crippen LogP contribution in [0.25, 0.3) is 10.4 Å². The Morgan fingerprint density at radius 3 is 2.71 bits per heavy atom. The van der Waals surface area contributed by atoms with Crippen molar-refractivity contribution in [3.63, 3.8) is 0 Å². The summed E-state index contributed by atoms with van der Waals surface area (Å²) < 4.78 is 4.52. The number of rotatable bonds is 2. The predicted octanol–water partition coefficient (Wildman–Crippen LogP) is -1.70. The lowest BCUT2D eigenvalue weighted by atomic mass is 9.98. The molecule has 1 aliphatic heterocycles. The topological polar surface area (TPSA) is 136 Å². The van der Waals surface area contributed by atoms with E-state index in [2.05, 4.69) is 14.8 Å². The van der Waals surface area contributed by atoms with Crippen LogP contribution >= 0.6 is 0 Å². The molecule has 0 radical (unpaired) electrons. The van der Waals surface area contributed by atoms with E-state index >= 15 is 0 Å². The molecule has 8 nitrogen and oxygen atoms in total. The summed E-state index contributed by atoms with van der Waals surface area (Å²) in [5.41, 5.74) is 8.15. The van der Waals surface area contributed by atoms with Crippen molar-refractivity contribution >= 4 is 5.97 Å². The van der Waals surface area contributed by atoms with E-state index in [0.29, 0.717) is 0 Å². The summed E-state index contributed by atoms with van der Waals surface area (Å²) in [7, 11) is 0. The lowest BCUT2D eigenvalue weighted by Crippen LogP contribution is -2.55. The third-order valence-corrected chi connectivity index (χ3v) is 1.93. The Morgan fingerprint density at radius 1 is 1.57 bits per heavy atom. The van der Waals surface area contributed by atoms with Crippen LogP contribution in [0.2, 0.25) is 0 Å². The van der Waals surface area contributed by atoms with E-state index in [-0.39, 0.29) is 0 Å². The third-order valence-electron chi connectivity index (χ3n) is 1.93. The number of cyclic esters (lactones) is 1. The zero-order valence-electron chi connectivity index (χ0n) is 7.02. The fourth-order valence-electron chi connectivity index (χ4n) is 1.18. The van der Waals surface area contributed by atoms with Gasteiger partial charge in [0.25, 0.3) is 0 Å². The van der Waals surface area contributed by atoms with Gasteiger partial charge in [-0.05, 0) is 5.53 Å². The molecule has 3 N–H and O–H groups in total.